The van der Waals surface area contributed by atoms with Crippen molar-refractivity contribution in [3.05, 3.63) is 106 Å². The topological polar surface area (TPSA) is 77.1 Å². The van der Waals surface area contributed by atoms with E-state index in [2.05, 4.69) is 16.9 Å². The Bertz CT molecular complexity index is 1370. The molecular formula is C26H21N3O3. The van der Waals surface area contributed by atoms with Gasteiger partial charge < -0.3 is 5.11 Å². The van der Waals surface area contributed by atoms with Crippen LogP contribution in [0.25, 0.3) is 16.8 Å². The van der Waals surface area contributed by atoms with E-state index in [0.29, 0.717) is 30.0 Å². The summed E-state index contributed by atoms with van der Waals surface area (Å²) < 4.78 is 2.91. The van der Waals surface area contributed by atoms with Crippen LogP contribution >= 0.6 is 0 Å². The van der Waals surface area contributed by atoms with Crippen LogP contribution in [0.3, 0.4) is 0 Å². The van der Waals surface area contributed by atoms with Crippen LogP contribution in [0.15, 0.2) is 83.7 Å². The summed E-state index contributed by atoms with van der Waals surface area (Å²) in [4.78, 5) is 24.6. The molecule has 4 rings (SSSR count). The number of aromatic nitrogens is 3. The molecule has 1 heterocycles. The van der Waals surface area contributed by atoms with Gasteiger partial charge in [0.25, 0.3) is 0 Å². The number of para-hydroxylation sites is 1. The Hall–Kier alpha value is -4.37. The van der Waals surface area contributed by atoms with E-state index in [4.69, 9.17) is 0 Å². The Morgan fingerprint density at radius 3 is 2.34 bits per heavy atom. The van der Waals surface area contributed by atoms with Crippen molar-refractivity contribution < 1.29 is 9.90 Å². The standard InChI is InChI=1S/C26H21N3O3/c1-2-3-13-24-27-29(21-9-5-4-6-10-21)26(32)28(24)18-19-14-16-20(17-15-19)22-11-7-8-12-23(22)25(30)31/h4-12,14-17H,2,18H2,1H3,(H,30,31). The number of nitrogens with zero attached hydrogens (tertiary/aromatic N) is 3. The lowest BCUT2D eigenvalue weighted by molar-refractivity contribution is 0.0697. The SMILES string of the molecule is CCC#Cc1nn(-c2ccccc2)c(=O)n1Cc1ccc(-c2ccccc2C(=O)O)cc1. The van der Waals surface area contributed by atoms with Gasteiger partial charge in [-0.3, -0.25) is 4.57 Å². The number of carbonyl (C=O) groups is 1. The van der Waals surface area contributed by atoms with Crippen molar-refractivity contribution in [2.75, 3.05) is 0 Å². The Labute approximate surface area is 185 Å². The second kappa shape index (κ2) is 9.19. The molecule has 0 bridgehead atoms. The van der Waals surface area contributed by atoms with Crippen LogP contribution in [-0.4, -0.2) is 25.4 Å². The quantitative estimate of drug-likeness (QED) is 0.488. The summed E-state index contributed by atoms with van der Waals surface area (Å²) in [6.07, 6.45) is 0.657. The van der Waals surface area contributed by atoms with Crippen LogP contribution < -0.4 is 5.69 Å². The Balaban J connectivity index is 1.70. The maximum atomic E-state index is 13.1. The van der Waals surface area contributed by atoms with E-state index in [1.165, 1.54) is 4.68 Å². The van der Waals surface area contributed by atoms with E-state index in [1.54, 1.807) is 22.8 Å². The maximum Gasteiger partial charge on any atom is 0.351 e. The van der Waals surface area contributed by atoms with Gasteiger partial charge in [0.05, 0.1) is 17.8 Å². The van der Waals surface area contributed by atoms with Gasteiger partial charge in [-0.25, -0.2) is 9.59 Å². The Kier molecular flexibility index (Phi) is 6.00. The molecule has 6 nitrogen and oxygen atoms in total. The van der Waals surface area contributed by atoms with Gasteiger partial charge >= 0.3 is 11.7 Å². The Morgan fingerprint density at radius 1 is 0.969 bits per heavy atom. The van der Waals surface area contributed by atoms with E-state index >= 15 is 0 Å². The minimum atomic E-state index is -0.969. The maximum absolute atomic E-state index is 13.1. The van der Waals surface area contributed by atoms with Crippen LogP contribution in [0, 0.1) is 11.8 Å². The molecule has 4 aromatic rings. The fourth-order valence-corrected chi connectivity index (χ4v) is 3.43. The average molecular weight is 423 g/mol. The zero-order chi connectivity index (χ0) is 22.5. The monoisotopic (exact) mass is 423 g/mol. The molecule has 0 saturated carbocycles. The van der Waals surface area contributed by atoms with Crippen LogP contribution in [-0.2, 0) is 6.54 Å². The first-order chi connectivity index (χ1) is 15.6. The minimum absolute atomic E-state index is 0.248. The fraction of sp³-hybridized carbons (Fsp3) is 0.115. The molecular weight excluding hydrogens is 402 g/mol. The van der Waals surface area contributed by atoms with Crippen LogP contribution in [0.2, 0.25) is 0 Å². The first kappa shape index (κ1) is 20.9. The summed E-state index contributed by atoms with van der Waals surface area (Å²) >= 11 is 0. The van der Waals surface area contributed by atoms with Gasteiger partial charge in [0.15, 0.2) is 0 Å². The molecule has 0 aliphatic carbocycles. The molecule has 0 radical (unpaired) electrons. The number of hydrogen-bond acceptors (Lipinski definition) is 3. The number of aromatic carboxylic acids is 1. The lowest BCUT2D eigenvalue weighted by atomic mass is 9.99. The molecule has 0 saturated heterocycles. The van der Waals surface area contributed by atoms with Crippen molar-refractivity contribution in [2.45, 2.75) is 19.9 Å². The zero-order valence-corrected chi connectivity index (χ0v) is 17.5. The third kappa shape index (κ3) is 4.23. The van der Waals surface area contributed by atoms with Crippen LogP contribution in [0.1, 0.15) is 35.1 Å². The highest BCUT2D eigenvalue weighted by molar-refractivity contribution is 5.95. The molecule has 0 unspecified atom stereocenters. The molecule has 0 spiro atoms. The predicted octanol–water partition coefficient (Wildman–Crippen LogP) is 4.21. The summed E-state index contributed by atoms with van der Waals surface area (Å²) in [6.45, 7) is 2.25. The predicted molar refractivity (Wildman–Crippen MR) is 123 cm³/mol. The second-order valence-corrected chi connectivity index (χ2v) is 7.14. The molecule has 1 N–H and O–H groups in total. The highest BCUT2D eigenvalue weighted by Crippen LogP contribution is 2.24. The van der Waals surface area contributed by atoms with Crippen molar-refractivity contribution in [1.82, 2.24) is 14.3 Å². The Morgan fingerprint density at radius 2 is 1.66 bits per heavy atom. The van der Waals surface area contributed by atoms with Crippen molar-refractivity contribution in [3.63, 3.8) is 0 Å². The smallest absolute Gasteiger partial charge is 0.351 e. The van der Waals surface area contributed by atoms with Gasteiger partial charge in [-0.15, -0.1) is 5.10 Å². The van der Waals surface area contributed by atoms with Gasteiger partial charge in [0, 0.05) is 6.42 Å². The van der Waals surface area contributed by atoms with E-state index in [0.717, 1.165) is 11.1 Å². The fourth-order valence-electron chi connectivity index (χ4n) is 3.43. The first-order valence-electron chi connectivity index (χ1n) is 10.2. The second-order valence-electron chi connectivity index (χ2n) is 7.14. The van der Waals surface area contributed by atoms with Crippen molar-refractivity contribution in [1.29, 1.82) is 0 Å². The molecule has 0 fully saturated rings. The van der Waals surface area contributed by atoms with Gasteiger partial charge in [-0.2, -0.15) is 4.68 Å². The summed E-state index contributed by atoms with van der Waals surface area (Å²) in [7, 11) is 0. The van der Waals surface area contributed by atoms with Gasteiger partial charge in [0.2, 0.25) is 5.82 Å². The van der Waals surface area contributed by atoms with Gasteiger partial charge in [-0.05, 0) is 40.8 Å². The van der Waals surface area contributed by atoms with E-state index in [1.807, 2.05) is 67.6 Å². The lowest BCUT2D eigenvalue weighted by Crippen LogP contribution is -2.24. The average Bonchev–Trinajstić information content (AvgIpc) is 3.14. The number of benzene rings is 3. The molecule has 6 heteroatoms. The van der Waals surface area contributed by atoms with Crippen molar-refractivity contribution >= 4 is 5.97 Å². The molecule has 0 atom stereocenters. The first-order valence-corrected chi connectivity index (χ1v) is 10.2. The molecule has 1 aromatic heterocycles. The normalized spacial score (nSPS) is 10.4. The molecule has 0 aliphatic heterocycles. The molecule has 3 aromatic carbocycles. The third-order valence-electron chi connectivity index (χ3n) is 5.00. The number of carboxylic acid groups (broad SMARTS) is 1. The number of rotatable bonds is 5. The van der Waals surface area contributed by atoms with E-state index in [-0.39, 0.29) is 11.3 Å². The van der Waals surface area contributed by atoms with Crippen LogP contribution in [0.4, 0.5) is 0 Å². The third-order valence-corrected chi connectivity index (χ3v) is 5.00. The number of hydrogen-bond donors (Lipinski definition) is 1. The summed E-state index contributed by atoms with van der Waals surface area (Å²) in [5.41, 5.74) is 2.99. The van der Waals surface area contributed by atoms with Gasteiger partial charge in [-0.1, -0.05) is 73.5 Å². The lowest BCUT2D eigenvalue weighted by Gasteiger charge is -2.08. The molecule has 158 valence electrons. The number of carboxylic acids is 1. The highest BCUT2D eigenvalue weighted by atomic mass is 16.4. The molecule has 0 amide bonds. The van der Waals surface area contributed by atoms with E-state index < -0.39 is 5.97 Å². The summed E-state index contributed by atoms with van der Waals surface area (Å²) in [5, 5.41) is 13.9. The molecule has 32 heavy (non-hydrogen) atoms. The highest BCUT2D eigenvalue weighted by Gasteiger charge is 2.14. The molecule has 0 aliphatic rings. The van der Waals surface area contributed by atoms with Crippen molar-refractivity contribution in [2.24, 2.45) is 0 Å². The van der Waals surface area contributed by atoms with Gasteiger partial charge in [0.1, 0.15) is 0 Å². The summed E-state index contributed by atoms with van der Waals surface area (Å²) in [6, 6.07) is 23.6. The zero-order valence-electron chi connectivity index (χ0n) is 17.5. The summed E-state index contributed by atoms with van der Waals surface area (Å²) in [5.74, 6) is 5.41. The minimum Gasteiger partial charge on any atom is -0.478 e. The van der Waals surface area contributed by atoms with E-state index in [9.17, 15) is 14.7 Å². The van der Waals surface area contributed by atoms with Crippen molar-refractivity contribution in [3.8, 4) is 28.7 Å². The van der Waals surface area contributed by atoms with Crippen LogP contribution in [0.5, 0.6) is 0 Å². The largest absolute Gasteiger partial charge is 0.478 e.